The number of anilines is 6. The number of carbonyl (C=O) groups is 1. The molecule has 0 atom stereocenters. The molecule has 0 aliphatic carbocycles. The first-order valence-corrected chi connectivity index (χ1v) is 13.6. The topological polar surface area (TPSA) is 128 Å². The van der Waals surface area contributed by atoms with Gasteiger partial charge in [0.1, 0.15) is 28.8 Å². The Morgan fingerprint density at radius 3 is 2.60 bits per heavy atom. The number of nitrogens with one attached hydrogen (secondary N) is 3. The van der Waals surface area contributed by atoms with E-state index in [1.165, 1.54) is 25.4 Å². The lowest BCUT2D eigenvalue weighted by Gasteiger charge is -2.35. The lowest BCUT2D eigenvalue weighted by atomic mass is 10.2. The first-order chi connectivity index (χ1) is 20.2. The van der Waals surface area contributed by atoms with Gasteiger partial charge in [0.2, 0.25) is 11.9 Å². The maximum atomic E-state index is 15.1. The van der Waals surface area contributed by atoms with Crippen LogP contribution in [-0.2, 0) is 4.79 Å². The molecule has 1 fully saturated rings. The van der Waals surface area contributed by atoms with E-state index in [2.05, 4.69) is 49.2 Å². The molecular formula is C30H35FN8O3. The number of hydrogen-bond acceptors (Lipinski definition) is 10. The number of rotatable bonds is 11. The van der Waals surface area contributed by atoms with Crippen molar-refractivity contribution in [3.63, 3.8) is 0 Å². The van der Waals surface area contributed by atoms with Crippen molar-refractivity contribution < 1.29 is 18.7 Å². The van der Waals surface area contributed by atoms with Crippen LogP contribution in [0, 0.1) is 17.1 Å². The summed E-state index contributed by atoms with van der Waals surface area (Å²) in [6.45, 7) is 14.0. The van der Waals surface area contributed by atoms with Gasteiger partial charge in [-0.25, -0.2) is 9.37 Å². The fourth-order valence-electron chi connectivity index (χ4n) is 4.45. The molecule has 1 aliphatic rings. The van der Waals surface area contributed by atoms with Crippen molar-refractivity contribution in [1.29, 1.82) is 5.26 Å². The van der Waals surface area contributed by atoms with Gasteiger partial charge in [0.25, 0.3) is 0 Å². The second kappa shape index (κ2) is 13.6. The Morgan fingerprint density at radius 2 is 1.95 bits per heavy atom. The lowest BCUT2D eigenvalue weighted by Crippen LogP contribution is -2.46. The van der Waals surface area contributed by atoms with Gasteiger partial charge in [-0.05, 0) is 44.7 Å². The van der Waals surface area contributed by atoms with Gasteiger partial charge in [-0.1, -0.05) is 13.5 Å². The summed E-state index contributed by atoms with van der Waals surface area (Å²) in [6.07, 6.45) is 2.26. The average Bonchev–Trinajstić information content (AvgIpc) is 2.99. The quantitative estimate of drug-likeness (QED) is 0.268. The summed E-state index contributed by atoms with van der Waals surface area (Å²) in [6, 6.07) is 10.5. The van der Waals surface area contributed by atoms with Gasteiger partial charge in [-0.3, -0.25) is 4.79 Å². The molecule has 0 saturated carbocycles. The van der Waals surface area contributed by atoms with E-state index in [0.717, 1.165) is 38.4 Å². The summed E-state index contributed by atoms with van der Waals surface area (Å²) in [7, 11) is 1.43. The third-order valence-electron chi connectivity index (χ3n) is 6.66. The van der Waals surface area contributed by atoms with Gasteiger partial charge in [-0.2, -0.15) is 10.2 Å². The number of benzene rings is 2. The van der Waals surface area contributed by atoms with Crippen LogP contribution in [0.4, 0.5) is 38.9 Å². The number of ether oxygens (including phenoxy) is 2. The zero-order valence-electron chi connectivity index (χ0n) is 24.2. The molecule has 2 aromatic carbocycles. The van der Waals surface area contributed by atoms with E-state index in [0.29, 0.717) is 11.4 Å². The standard InChI is InChI=1S/C30H35FN8O3/c1-6-27(40)34-25-14-21(39-12-10-38(7-2)11-13-39)8-9-24(25)35-30-33-18-20(17-32)29(37-30)36-28-23(31)15-22(41-5)16-26(28)42-19(3)4/h6,8-9,14-16,18-19H,1,7,10-13H2,2-5H3,(H,34,40)(H2,33,35,36,37). The number of carbonyl (C=O) groups excluding carboxylic acids is 1. The van der Waals surface area contributed by atoms with E-state index < -0.39 is 5.82 Å². The minimum Gasteiger partial charge on any atom is -0.497 e. The molecular weight excluding hydrogens is 539 g/mol. The van der Waals surface area contributed by atoms with Gasteiger partial charge in [0.15, 0.2) is 11.6 Å². The molecule has 0 radical (unpaired) electrons. The molecule has 4 rings (SSSR count). The van der Waals surface area contributed by atoms with Crippen LogP contribution in [-0.4, -0.2) is 66.7 Å². The molecule has 1 aliphatic heterocycles. The third-order valence-corrected chi connectivity index (χ3v) is 6.66. The summed E-state index contributed by atoms with van der Waals surface area (Å²) in [5.41, 5.74) is 2.08. The van der Waals surface area contributed by atoms with Crippen molar-refractivity contribution in [2.75, 3.05) is 60.7 Å². The zero-order chi connectivity index (χ0) is 30.2. The van der Waals surface area contributed by atoms with Gasteiger partial charge in [0, 0.05) is 44.0 Å². The Labute approximate surface area is 245 Å². The Balaban J connectivity index is 1.65. The number of nitrogens with zero attached hydrogens (tertiary/aromatic N) is 5. The van der Waals surface area contributed by atoms with Crippen LogP contribution in [0.5, 0.6) is 11.5 Å². The fraction of sp³-hybridized carbons (Fsp3) is 0.333. The number of piperazine rings is 1. The highest BCUT2D eigenvalue weighted by Gasteiger charge is 2.20. The number of likely N-dealkylation sites (N-methyl/N-ethyl adjacent to an activating group) is 1. The first kappa shape index (κ1) is 30.1. The van der Waals surface area contributed by atoms with Crippen LogP contribution in [0.1, 0.15) is 26.3 Å². The van der Waals surface area contributed by atoms with Crippen molar-refractivity contribution in [2.45, 2.75) is 26.9 Å². The fourth-order valence-corrected chi connectivity index (χ4v) is 4.45. The van der Waals surface area contributed by atoms with Crippen molar-refractivity contribution in [2.24, 2.45) is 0 Å². The van der Waals surface area contributed by atoms with E-state index >= 15 is 4.39 Å². The molecule has 0 bridgehead atoms. The molecule has 42 heavy (non-hydrogen) atoms. The predicted molar refractivity (Wildman–Crippen MR) is 162 cm³/mol. The first-order valence-electron chi connectivity index (χ1n) is 13.6. The van der Waals surface area contributed by atoms with Crippen LogP contribution < -0.4 is 30.3 Å². The van der Waals surface area contributed by atoms with Crippen LogP contribution in [0.3, 0.4) is 0 Å². The van der Waals surface area contributed by atoms with Gasteiger partial charge >= 0.3 is 0 Å². The summed E-state index contributed by atoms with van der Waals surface area (Å²) in [4.78, 5) is 25.6. The Bertz CT molecular complexity index is 1480. The van der Waals surface area contributed by atoms with E-state index in [4.69, 9.17) is 9.47 Å². The number of nitriles is 1. The molecule has 2 heterocycles. The maximum Gasteiger partial charge on any atom is 0.247 e. The number of methoxy groups -OCH3 is 1. The molecule has 3 aromatic rings. The van der Waals surface area contributed by atoms with E-state index in [1.54, 1.807) is 6.07 Å². The molecule has 0 unspecified atom stereocenters. The Morgan fingerprint density at radius 1 is 1.19 bits per heavy atom. The Kier molecular flexibility index (Phi) is 9.77. The van der Waals surface area contributed by atoms with Crippen molar-refractivity contribution in [1.82, 2.24) is 14.9 Å². The van der Waals surface area contributed by atoms with Crippen LogP contribution in [0.25, 0.3) is 0 Å². The Hall–Kier alpha value is -4.89. The third kappa shape index (κ3) is 7.24. The van der Waals surface area contributed by atoms with Crippen molar-refractivity contribution >= 4 is 40.4 Å². The smallest absolute Gasteiger partial charge is 0.247 e. The molecule has 11 nitrogen and oxygen atoms in total. The number of amides is 1. The van der Waals surface area contributed by atoms with Crippen LogP contribution in [0.15, 0.2) is 49.2 Å². The molecule has 220 valence electrons. The highest BCUT2D eigenvalue weighted by molar-refractivity contribution is 6.02. The highest BCUT2D eigenvalue weighted by Crippen LogP contribution is 2.36. The minimum absolute atomic E-state index is 0.00268. The van der Waals surface area contributed by atoms with Gasteiger partial charge < -0.3 is 35.2 Å². The predicted octanol–water partition coefficient (Wildman–Crippen LogP) is 5.04. The van der Waals surface area contributed by atoms with E-state index in [9.17, 15) is 10.1 Å². The highest BCUT2D eigenvalue weighted by atomic mass is 19.1. The van der Waals surface area contributed by atoms with Crippen molar-refractivity contribution in [3.05, 3.63) is 60.6 Å². The summed E-state index contributed by atoms with van der Waals surface area (Å²) in [5.74, 6) is -0.355. The summed E-state index contributed by atoms with van der Waals surface area (Å²) >= 11 is 0. The summed E-state index contributed by atoms with van der Waals surface area (Å²) in [5, 5.41) is 18.6. The second-order valence-corrected chi connectivity index (χ2v) is 9.81. The summed E-state index contributed by atoms with van der Waals surface area (Å²) < 4.78 is 26.1. The van der Waals surface area contributed by atoms with Gasteiger partial charge in [0.05, 0.1) is 30.8 Å². The number of halogens is 1. The SMILES string of the molecule is C=CC(=O)Nc1cc(N2CCN(CC)CC2)ccc1Nc1ncc(C#N)c(Nc2c(F)cc(OC)cc2OC(C)C)n1. The van der Waals surface area contributed by atoms with Gasteiger partial charge in [-0.15, -0.1) is 0 Å². The van der Waals surface area contributed by atoms with E-state index in [-0.39, 0.29) is 46.5 Å². The minimum atomic E-state index is -0.646. The zero-order valence-corrected chi connectivity index (χ0v) is 24.2. The maximum absolute atomic E-state index is 15.1. The second-order valence-electron chi connectivity index (χ2n) is 9.81. The average molecular weight is 575 g/mol. The van der Waals surface area contributed by atoms with E-state index in [1.807, 2.05) is 38.1 Å². The monoisotopic (exact) mass is 574 g/mol. The number of aromatic nitrogens is 2. The molecule has 0 spiro atoms. The molecule has 3 N–H and O–H groups in total. The molecule has 1 amide bonds. The molecule has 1 saturated heterocycles. The normalized spacial score (nSPS) is 13.3. The van der Waals surface area contributed by atoms with Crippen LogP contribution >= 0.6 is 0 Å². The molecule has 12 heteroatoms. The lowest BCUT2D eigenvalue weighted by molar-refractivity contribution is -0.111. The number of hydrogen-bond donors (Lipinski definition) is 3. The van der Waals surface area contributed by atoms with Crippen LogP contribution in [0.2, 0.25) is 0 Å². The molecule has 1 aromatic heterocycles. The van der Waals surface area contributed by atoms with Crippen molar-refractivity contribution in [3.8, 4) is 17.6 Å². The largest absolute Gasteiger partial charge is 0.497 e.